The molecule has 0 N–H and O–H groups in total. The zero-order valence-electron chi connectivity index (χ0n) is 8.26. The third-order valence-corrected chi connectivity index (χ3v) is 1.87. The first-order chi connectivity index (χ1) is 5.30. The molecule has 1 heterocycles. The highest BCUT2D eigenvalue weighted by molar-refractivity contribution is 4.68. The second kappa shape index (κ2) is 6.62. The average Bonchev–Trinajstić information content (AvgIpc) is 2.10. The molecular weight excluding hydrogens is 138 g/mol. The van der Waals surface area contributed by atoms with Crippen molar-refractivity contribution < 1.29 is 4.74 Å². The lowest BCUT2D eigenvalue weighted by atomic mass is 10.1. The maximum atomic E-state index is 5.30. The lowest BCUT2D eigenvalue weighted by Gasteiger charge is -2.27. The van der Waals surface area contributed by atoms with Crippen LogP contribution < -0.4 is 0 Å². The van der Waals surface area contributed by atoms with E-state index in [1.54, 1.807) is 0 Å². The van der Waals surface area contributed by atoms with Crippen molar-refractivity contribution in [3.05, 3.63) is 0 Å². The topological polar surface area (TPSA) is 12.5 Å². The van der Waals surface area contributed by atoms with Crippen LogP contribution in [0.3, 0.4) is 0 Å². The summed E-state index contributed by atoms with van der Waals surface area (Å²) < 4.78 is 5.30. The van der Waals surface area contributed by atoms with Crippen LogP contribution in [0.25, 0.3) is 0 Å². The van der Waals surface area contributed by atoms with Gasteiger partial charge in [0.05, 0.1) is 6.61 Å². The molecule has 0 aromatic rings. The van der Waals surface area contributed by atoms with E-state index in [-0.39, 0.29) is 0 Å². The quantitative estimate of drug-likeness (QED) is 0.578. The Morgan fingerprint density at radius 2 is 1.91 bits per heavy atom. The average molecular weight is 159 g/mol. The van der Waals surface area contributed by atoms with Gasteiger partial charge in [-0.2, -0.15) is 0 Å². The molecule has 1 unspecified atom stereocenters. The second-order valence-electron chi connectivity index (χ2n) is 2.83. The minimum absolute atomic E-state index is 0.666. The van der Waals surface area contributed by atoms with Gasteiger partial charge in [0.2, 0.25) is 0 Å². The molecule has 0 bridgehead atoms. The lowest BCUT2D eigenvalue weighted by molar-refractivity contribution is 0.0363. The third-order valence-electron chi connectivity index (χ3n) is 1.87. The maximum absolute atomic E-state index is 5.30. The lowest BCUT2D eigenvalue weighted by Crippen LogP contribution is -2.35. The largest absolute Gasteiger partial charge is 0.380 e. The summed E-state index contributed by atoms with van der Waals surface area (Å²) in [5.74, 6) is 0. The van der Waals surface area contributed by atoms with Crippen LogP contribution in [0, 0.1) is 0 Å². The number of ether oxygens (including phenoxy) is 1. The van der Waals surface area contributed by atoms with E-state index in [9.17, 15) is 0 Å². The number of likely N-dealkylation sites (N-methyl/N-ethyl adjacent to an activating group) is 1. The fourth-order valence-electron chi connectivity index (χ4n) is 1.13. The van der Waals surface area contributed by atoms with E-state index in [0.717, 1.165) is 13.2 Å². The highest BCUT2D eigenvalue weighted by Crippen LogP contribution is 2.09. The molecule has 0 saturated carbocycles. The summed E-state index contributed by atoms with van der Waals surface area (Å²) in [6.45, 7) is 5.89. The molecule has 1 saturated heterocycles. The van der Waals surface area contributed by atoms with Gasteiger partial charge in [-0.1, -0.05) is 13.8 Å². The predicted molar refractivity (Wildman–Crippen MR) is 48.9 cm³/mol. The van der Waals surface area contributed by atoms with Crippen molar-refractivity contribution in [2.75, 3.05) is 27.3 Å². The van der Waals surface area contributed by atoms with Crippen LogP contribution in [0.4, 0.5) is 0 Å². The Balaban J connectivity index is 0.000000461. The van der Waals surface area contributed by atoms with Gasteiger partial charge < -0.3 is 9.64 Å². The van der Waals surface area contributed by atoms with Crippen molar-refractivity contribution in [2.45, 2.75) is 32.7 Å². The van der Waals surface area contributed by atoms with Crippen LogP contribution >= 0.6 is 0 Å². The van der Waals surface area contributed by atoms with Crippen molar-refractivity contribution in [1.29, 1.82) is 0 Å². The van der Waals surface area contributed by atoms with Crippen molar-refractivity contribution in [2.24, 2.45) is 0 Å². The summed E-state index contributed by atoms with van der Waals surface area (Å²) in [7, 11) is 4.22. The fraction of sp³-hybridized carbons (Fsp3) is 1.00. The molecule has 1 rings (SSSR count). The minimum Gasteiger partial charge on any atom is -0.380 e. The number of rotatable bonds is 1. The molecule has 0 aromatic heterocycles. The molecule has 11 heavy (non-hydrogen) atoms. The zero-order chi connectivity index (χ0) is 8.69. The zero-order valence-corrected chi connectivity index (χ0v) is 8.26. The minimum atomic E-state index is 0.666. The molecule has 1 fully saturated rings. The van der Waals surface area contributed by atoms with Crippen LogP contribution in [-0.4, -0.2) is 38.3 Å². The molecular formula is C9H21NO. The molecule has 0 radical (unpaired) electrons. The Labute approximate surface area is 70.5 Å². The van der Waals surface area contributed by atoms with E-state index in [1.165, 1.54) is 12.8 Å². The van der Waals surface area contributed by atoms with E-state index in [4.69, 9.17) is 4.74 Å². The molecule has 2 nitrogen and oxygen atoms in total. The SMILES string of the molecule is CC.CN(C)C1CCCOC1. The summed E-state index contributed by atoms with van der Waals surface area (Å²) in [5.41, 5.74) is 0. The molecule has 0 aromatic carbocycles. The first-order valence-corrected chi connectivity index (χ1v) is 4.55. The summed E-state index contributed by atoms with van der Waals surface area (Å²) >= 11 is 0. The summed E-state index contributed by atoms with van der Waals surface area (Å²) in [4.78, 5) is 2.24. The Hall–Kier alpha value is -0.0800. The predicted octanol–water partition coefficient (Wildman–Crippen LogP) is 1.75. The van der Waals surface area contributed by atoms with Gasteiger partial charge in [0.25, 0.3) is 0 Å². The maximum Gasteiger partial charge on any atom is 0.0621 e. The van der Waals surface area contributed by atoms with E-state index in [0.29, 0.717) is 6.04 Å². The van der Waals surface area contributed by atoms with Crippen LogP contribution in [0.1, 0.15) is 26.7 Å². The Morgan fingerprint density at radius 3 is 2.18 bits per heavy atom. The van der Waals surface area contributed by atoms with Crippen molar-refractivity contribution in [3.8, 4) is 0 Å². The Bertz CT molecular complexity index is 77.6. The van der Waals surface area contributed by atoms with Gasteiger partial charge in [0, 0.05) is 12.6 Å². The summed E-state index contributed by atoms with van der Waals surface area (Å²) in [6, 6.07) is 0.666. The number of nitrogens with zero attached hydrogens (tertiary/aromatic N) is 1. The molecule has 0 amide bonds. The van der Waals surface area contributed by atoms with Crippen LogP contribution in [-0.2, 0) is 4.74 Å². The van der Waals surface area contributed by atoms with Gasteiger partial charge in [-0.25, -0.2) is 0 Å². The monoisotopic (exact) mass is 159 g/mol. The Kier molecular flexibility index (Phi) is 6.57. The van der Waals surface area contributed by atoms with Crippen LogP contribution in [0.2, 0.25) is 0 Å². The molecule has 0 aliphatic carbocycles. The molecule has 1 atom stereocenters. The third kappa shape index (κ3) is 4.38. The van der Waals surface area contributed by atoms with Crippen molar-refractivity contribution >= 4 is 0 Å². The molecule has 68 valence electrons. The second-order valence-corrected chi connectivity index (χ2v) is 2.83. The van der Waals surface area contributed by atoms with Gasteiger partial charge >= 0.3 is 0 Å². The first kappa shape index (κ1) is 10.9. The standard InChI is InChI=1S/C7H15NO.C2H6/c1-8(2)7-4-3-5-9-6-7;1-2/h7H,3-6H2,1-2H3;1-2H3. The fourth-order valence-corrected chi connectivity index (χ4v) is 1.13. The van der Waals surface area contributed by atoms with Gasteiger partial charge in [-0.15, -0.1) is 0 Å². The van der Waals surface area contributed by atoms with E-state index in [2.05, 4.69) is 19.0 Å². The van der Waals surface area contributed by atoms with Gasteiger partial charge in [0.15, 0.2) is 0 Å². The van der Waals surface area contributed by atoms with Crippen LogP contribution in [0.15, 0.2) is 0 Å². The van der Waals surface area contributed by atoms with Gasteiger partial charge in [-0.3, -0.25) is 0 Å². The highest BCUT2D eigenvalue weighted by atomic mass is 16.5. The van der Waals surface area contributed by atoms with Crippen molar-refractivity contribution in [3.63, 3.8) is 0 Å². The smallest absolute Gasteiger partial charge is 0.0621 e. The van der Waals surface area contributed by atoms with Crippen LogP contribution in [0.5, 0.6) is 0 Å². The summed E-state index contributed by atoms with van der Waals surface area (Å²) in [5, 5.41) is 0. The van der Waals surface area contributed by atoms with E-state index >= 15 is 0 Å². The van der Waals surface area contributed by atoms with Crippen molar-refractivity contribution in [1.82, 2.24) is 4.90 Å². The highest BCUT2D eigenvalue weighted by Gasteiger charge is 2.14. The number of hydrogen-bond acceptors (Lipinski definition) is 2. The summed E-state index contributed by atoms with van der Waals surface area (Å²) in [6.07, 6.45) is 2.52. The first-order valence-electron chi connectivity index (χ1n) is 4.55. The van der Waals surface area contributed by atoms with E-state index in [1.807, 2.05) is 13.8 Å². The molecule has 2 heteroatoms. The van der Waals surface area contributed by atoms with Gasteiger partial charge in [0.1, 0.15) is 0 Å². The number of hydrogen-bond donors (Lipinski definition) is 0. The molecule has 1 aliphatic heterocycles. The Morgan fingerprint density at radius 1 is 1.27 bits per heavy atom. The molecule has 0 spiro atoms. The normalized spacial score (nSPS) is 24.3. The van der Waals surface area contributed by atoms with E-state index < -0.39 is 0 Å². The molecule has 1 aliphatic rings. The van der Waals surface area contributed by atoms with Gasteiger partial charge in [-0.05, 0) is 26.9 Å².